The molecule has 106 valence electrons. The van der Waals surface area contributed by atoms with Crippen LogP contribution in [-0.2, 0) is 13.2 Å². The van der Waals surface area contributed by atoms with Gasteiger partial charge in [0.05, 0.1) is 23.9 Å². The zero-order valence-corrected chi connectivity index (χ0v) is 12.4. The Balaban J connectivity index is 2.24. The van der Waals surface area contributed by atoms with E-state index in [1.807, 2.05) is 32.0 Å². The largest absolute Gasteiger partial charge is 0.392 e. The number of aryl methyl sites for hydroxylation is 1. The van der Waals surface area contributed by atoms with Crippen molar-refractivity contribution in [1.82, 2.24) is 9.97 Å². The molecule has 2 heterocycles. The predicted octanol–water partition coefficient (Wildman–Crippen LogP) is 2.96. The second-order valence-corrected chi connectivity index (χ2v) is 5.00. The first-order chi connectivity index (χ1) is 9.63. The van der Waals surface area contributed by atoms with Gasteiger partial charge in [0, 0.05) is 18.4 Å². The summed E-state index contributed by atoms with van der Waals surface area (Å²) in [6.07, 6.45) is 1.65. The van der Waals surface area contributed by atoms with Crippen LogP contribution in [0.3, 0.4) is 0 Å². The third-order valence-corrected chi connectivity index (χ3v) is 3.32. The van der Waals surface area contributed by atoms with Crippen molar-refractivity contribution < 1.29 is 5.11 Å². The fraction of sp³-hybridized carbons (Fsp3) is 0.333. The van der Waals surface area contributed by atoms with Crippen molar-refractivity contribution in [2.45, 2.75) is 27.0 Å². The Hall–Kier alpha value is -1.65. The smallest absolute Gasteiger partial charge is 0.147 e. The van der Waals surface area contributed by atoms with Crippen LogP contribution < -0.4 is 4.90 Å². The predicted molar refractivity (Wildman–Crippen MR) is 80.9 cm³/mol. The van der Waals surface area contributed by atoms with Gasteiger partial charge in [-0.3, -0.25) is 4.98 Å². The van der Waals surface area contributed by atoms with Crippen molar-refractivity contribution in [3.05, 3.63) is 52.4 Å². The van der Waals surface area contributed by atoms with Crippen LogP contribution in [0.5, 0.6) is 0 Å². The van der Waals surface area contributed by atoms with Gasteiger partial charge < -0.3 is 10.0 Å². The third-order valence-electron chi connectivity index (χ3n) is 3.04. The van der Waals surface area contributed by atoms with Gasteiger partial charge in [-0.25, -0.2) is 4.98 Å². The van der Waals surface area contributed by atoms with Crippen LogP contribution in [-0.4, -0.2) is 21.6 Å². The lowest BCUT2D eigenvalue weighted by Crippen LogP contribution is -2.24. The average Bonchev–Trinajstić information content (AvgIpc) is 2.45. The maximum Gasteiger partial charge on any atom is 0.147 e. The normalized spacial score (nSPS) is 10.6. The van der Waals surface area contributed by atoms with Gasteiger partial charge in [0.15, 0.2) is 0 Å². The van der Waals surface area contributed by atoms with E-state index >= 15 is 0 Å². The van der Waals surface area contributed by atoms with Crippen molar-refractivity contribution in [2.75, 3.05) is 11.4 Å². The van der Waals surface area contributed by atoms with Gasteiger partial charge in [0.1, 0.15) is 5.82 Å². The number of aliphatic hydroxyl groups excluding tert-OH is 1. The Labute approximate surface area is 124 Å². The summed E-state index contributed by atoms with van der Waals surface area (Å²) in [7, 11) is 0. The van der Waals surface area contributed by atoms with E-state index in [9.17, 15) is 0 Å². The van der Waals surface area contributed by atoms with Crippen LogP contribution in [0.25, 0.3) is 0 Å². The Bertz CT molecular complexity index is 589. The van der Waals surface area contributed by atoms with Crippen LogP contribution in [0.4, 0.5) is 5.82 Å². The highest BCUT2D eigenvalue weighted by molar-refractivity contribution is 6.33. The summed E-state index contributed by atoms with van der Waals surface area (Å²) in [5.74, 6) is 0.717. The quantitative estimate of drug-likeness (QED) is 0.920. The molecule has 1 N–H and O–H groups in total. The number of anilines is 1. The van der Waals surface area contributed by atoms with Gasteiger partial charge in [-0.05, 0) is 37.6 Å². The maximum absolute atomic E-state index is 9.09. The molecule has 0 unspecified atom stereocenters. The minimum absolute atomic E-state index is 0.0570. The van der Waals surface area contributed by atoms with Crippen molar-refractivity contribution in [2.24, 2.45) is 0 Å². The van der Waals surface area contributed by atoms with E-state index in [2.05, 4.69) is 14.9 Å². The van der Waals surface area contributed by atoms with Crippen LogP contribution in [0.1, 0.15) is 23.9 Å². The maximum atomic E-state index is 9.09. The first-order valence-electron chi connectivity index (χ1n) is 6.56. The highest BCUT2D eigenvalue weighted by Gasteiger charge is 2.12. The van der Waals surface area contributed by atoms with Crippen LogP contribution >= 0.6 is 11.6 Å². The van der Waals surface area contributed by atoms with Crippen molar-refractivity contribution in [3.63, 3.8) is 0 Å². The Morgan fingerprint density at radius 2 is 2.15 bits per heavy atom. The summed E-state index contributed by atoms with van der Waals surface area (Å²) in [6.45, 7) is 5.40. The molecule has 2 rings (SSSR count). The van der Waals surface area contributed by atoms with Crippen LogP contribution in [0.15, 0.2) is 30.5 Å². The average molecular weight is 292 g/mol. The molecule has 20 heavy (non-hydrogen) atoms. The van der Waals surface area contributed by atoms with Crippen molar-refractivity contribution in [1.29, 1.82) is 0 Å². The molecule has 0 aliphatic heterocycles. The fourth-order valence-electron chi connectivity index (χ4n) is 2.01. The number of halogens is 1. The summed E-state index contributed by atoms with van der Waals surface area (Å²) in [5.41, 5.74) is 2.69. The van der Waals surface area contributed by atoms with E-state index in [1.165, 1.54) is 0 Å². The lowest BCUT2D eigenvalue weighted by Gasteiger charge is -2.23. The molecule has 0 bridgehead atoms. The molecule has 0 spiro atoms. The fourth-order valence-corrected chi connectivity index (χ4v) is 2.32. The molecule has 5 heteroatoms. The van der Waals surface area contributed by atoms with Crippen molar-refractivity contribution >= 4 is 17.4 Å². The first-order valence-corrected chi connectivity index (χ1v) is 6.94. The van der Waals surface area contributed by atoms with Gasteiger partial charge >= 0.3 is 0 Å². The van der Waals surface area contributed by atoms with E-state index < -0.39 is 0 Å². The molecule has 0 atom stereocenters. The zero-order chi connectivity index (χ0) is 14.5. The lowest BCUT2D eigenvalue weighted by molar-refractivity contribution is 0.281. The molecule has 0 saturated carbocycles. The molecule has 0 saturated heterocycles. The second kappa shape index (κ2) is 6.68. The molecule has 0 aliphatic carbocycles. The molecule has 0 aromatic carbocycles. The Morgan fingerprint density at radius 3 is 2.75 bits per heavy atom. The van der Waals surface area contributed by atoms with Crippen LogP contribution in [0, 0.1) is 6.92 Å². The minimum atomic E-state index is -0.0570. The van der Waals surface area contributed by atoms with E-state index in [0.717, 1.165) is 23.8 Å². The number of aliphatic hydroxyl groups is 1. The molecule has 0 fully saturated rings. The molecule has 2 aromatic rings. The zero-order valence-electron chi connectivity index (χ0n) is 11.7. The lowest BCUT2D eigenvalue weighted by atomic mass is 10.2. The summed E-state index contributed by atoms with van der Waals surface area (Å²) in [6, 6.07) is 7.71. The van der Waals surface area contributed by atoms with Gasteiger partial charge in [-0.15, -0.1) is 0 Å². The van der Waals surface area contributed by atoms with Gasteiger partial charge in [-0.1, -0.05) is 17.7 Å². The molecular formula is C15H18ClN3O. The number of pyridine rings is 2. The summed E-state index contributed by atoms with van der Waals surface area (Å²) >= 11 is 6.24. The van der Waals surface area contributed by atoms with Crippen molar-refractivity contribution in [3.8, 4) is 0 Å². The Morgan fingerprint density at radius 1 is 1.35 bits per heavy atom. The standard InChI is InChI=1S/C15H18ClN3O/c1-3-19(9-13-6-4-5-11(2)18-13)15-14(16)7-12(10-20)8-17-15/h4-8,20H,3,9-10H2,1-2H3. The number of hydrogen-bond acceptors (Lipinski definition) is 4. The SMILES string of the molecule is CCN(Cc1cccc(C)n1)c1ncc(CO)cc1Cl. The molecule has 0 aliphatic rings. The second-order valence-electron chi connectivity index (χ2n) is 4.59. The van der Waals surface area contributed by atoms with E-state index in [1.54, 1.807) is 12.3 Å². The molecule has 2 aromatic heterocycles. The highest BCUT2D eigenvalue weighted by atomic mass is 35.5. The Kier molecular flexibility index (Phi) is 4.93. The molecule has 0 radical (unpaired) electrons. The third kappa shape index (κ3) is 3.46. The molecule has 4 nitrogen and oxygen atoms in total. The number of hydrogen-bond donors (Lipinski definition) is 1. The summed E-state index contributed by atoms with van der Waals surface area (Å²) in [4.78, 5) is 10.9. The monoisotopic (exact) mass is 291 g/mol. The summed E-state index contributed by atoms with van der Waals surface area (Å²) < 4.78 is 0. The van der Waals surface area contributed by atoms with E-state index in [0.29, 0.717) is 17.1 Å². The minimum Gasteiger partial charge on any atom is -0.392 e. The van der Waals surface area contributed by atoms with Crippen LogP contribution in [0.2, 0.25) is 5.02 Å². The van der Waals surface area contributed by atoms with E-state index in [-0.39, 0.29) is 6.61 Å². The van der Waals surface area contributed by atoms with Gasteiger partial charge in [0.2, 0.25) is 0 Å². The molecule has 0 amide bonds. The first kappa shape index (κ1) is 14.8. The number of nitrogens with zero attached hydrogens (tertiary/aromatic N) is 3. The van der Waals surface area contributed by atoms with Gasteiger partial charge in [-0.2, -0.15) is 0 Å². The van der Waals surface area contributed by atoms with Gasteiger partial charge in [0.25, 0.3) is 0 Å². The highest BCUT2D eigenvalue weighted by Crippen LogP contribution is 2.25. The number of aromatic nitrogens is 2. The summed E-state index contributed by atoms with van der Waals surface area (Å²) in [5, 5.41) is 9.64. The topological polar surface area (TPSA) is 49.2 Å². The van der Waals surface area contributed by atoms with E-state index in [4.69, 9.17) is 16.7 Å². The molecular weight excluding hydrogens is 274 g/mol. The number of rotatable bonds is 5.